The first-order valence-electron chi connectivity index (χ1n) is 5.60. The Bertz CT molecular complexity index is 595. The number of esters is 1. The van der Waals surface area contributed by atoms with Crippen LogP contribution < -0.4 is 4.74 Å². The second kappa shape index (κ2) is 6.05. The van der Waals surface area contributed by atoms with E-state index >= 15 is 0 Å². The summed E-state index contributed by atoms with van der Waals surface area (Å²) in [4.78, 5) is 11.7. The molecule has 0 fully saturated rings. The lowest BCUT2D eigenvalue weighted by atomic mass is 10.1. The van der Waals surface area contributed by atoms with Crippen molar-refractivity contribution in [2.24, 2.45) is 7.05 Å². The van der Waals surface area contributed by atoms with Gasteiger partial charge in [0, 0.05) is 28.4 Å². The van der Waals surface area contributed by atoms with Gasteiger partial charge in [-0.1, -0.05) is 6.07 Å². The Morgan fingerprint density at radius 3 is 2.84 bits per heavy atom. The monoisotopic (exact) mass is 372 g/mol. The highest BCUT2D eigenvalue weighted by Gasteiger charge is 2.15. The second-order valence-corrected chi connectivity index (χ2v) is 5.04. The third-order valence-electron chi connectivity index (χ3n) is 2.58. The summed E-state index contributed by atoms with van der Waals surface area (Å²) in [5, 5.41) is 4.13. The lowest BCUT2D eigenvalue weighted by Crippen LogP contribution is -2.10. The second-order valence-electron chi connectivity index (χ2n) is 3.87. The Morgan fingerprint density at radius 2 is 2.21 bits per heavy atom. The molecule has 0 saturated carbocycles. The molecular formula is C13H13IN2O3. The minimum absolute atomic E-state index is 0.278. The van der Waals surface area contributed by atoms with Crippen molar-refractivity contribution in [3.05, 3.63) is 45.2 Å². The molecule has 6 heteroatoms. The molecule has 5 nitrogen and oxygen atoms in total. The third kappa shape index (κ3) is 3.25. The van der Waals surface area contributed by atoms with Gasteiger partial charge in [-0.25, -0.2) is 4.79 Å². The Balaban J connectivity index is 2.21. The third-order valence-corrected chi connectivity index (χ3v) is 3.59. The molecule has 0 bridgehead atoms. The molecule has 0 atom stereocenters. The summed E-state index contributed by atoms with van der Waals surface area (Å²) in [6.45, 7) is 0.278. The largest absolute Gasteiger partial charge is 0.472 e. The Kier molecular flexibility index (Phi) is 4.41. The maximum absolute atomic E-state index is 11.7. The van der Waals surface area contributed by atoms with E-state index in [0.717, 1.165) is 9.13 Å². The molecule has 1 heterocycles. The average molecular weight is 372 g/mol. The highest BCUT2D eigenvalue weighted by molar-refractivity contribution is 14.1. The van der Waals surface area contributed by atoms with Gasteiger partial charge in [-0.05, 0) is 34.7 Å². The molecule has 0 aliphatic rings. The van der Waals surface area contributed by atoms with E-state index in [1.807, 2.05) is 19.2 Å². The highest BCUT2D eigenvalue weighted by atomic mass is 127. The van der Waals surface area contributed by atoms with E-state index in [-0.39, 0.29) is 12.6 Å². The van der Waals surface area contributed by atoms with Crippen molar-refractivity contribution in [2.45, 2.75) is 6.61 Å². The molecule has 0 aliphatic carbocycles. The van der Waals surface area contributed by atoms with Crippen LogP contribution in [-0.4, -0.2) is 22.9 Å². The van der Waals surface area contributed by atoms with Crippen molar-refractivity contribution in [3.8, 4) is 5.88 Å². The first-order chi connectivity index (χ1) is 9.11. The van der Waals surface area contributed by atoms with Gasteiger partial charge in [-0.2, -0.15) is 0 Å². The quantitative estimate of drug-likeness (QED) is 0.611. The molecule has 1 aromatic heterocycles. The number of carbonyl (C=O) groups excluding carboxylic acids is 1. The van der Waals surface area contributed by atoms with Gasteiger partial charge in [-0.15, -0.1) is 5.10 Å². The van der Waals surface area contributed by atoms with Crippen LogP contribution in [0.5, 0.6) is 5.88 Å². The molecule has 0 N–H and O–H groups in total. The highest BCUT2D eigenvalue weighted by Crippen LogP contribution is 2.20. The number of halogens is 1. The van der Waals surface area contributed by atoms with Crippen LogP contribution in [0.25, 0.3) is 0 Å². The molecule has 19 heavy (non-hydrogen) atoms. The lowest BCUT2D eigenvalue weighted by Gasteiger charge is -2.10. The first kappa shape index (κ1) is 13.9. The number of nitrogens with zero attached hydrogens (tertiary/aromatic N) is 2. The van der Waals surface area contributed by atoms with Crippen LogP contribution in [0.4, 0.5) is 0 Å². The predicted molar refractivity (Wildman–Crippen MR) is 78.0 cm³/mol. The number of benzene rings is 1. The number of rotatable bonds is 4. The Morgan fingerprint density at radius 1 is 1.42 bits per heavy atom. The van der Waals surface area contributed by atoms with Crippen molar-refractivity contribution in [2.75, 3.05) is 7.11 Å². The Hall–Kier alpha value is -1.57. The molecule has 1 aromatic carbocycles. The van der Waals surface area contributed by atoms with Crippen LogP contribution in [-0.2, 0) is 18.4 Å². The van der Waals surface area contributed by atoms with Gasteiger partial charge < -0.3 is 9.47 Å². The summed E-state index contributed by atoms with van der Waals surface area (Å²) >= 11 is 2.17. The molecule has 0 saturated heterocycles. The number of aromatic nitrogens is 2. The molecular weight excluding hydrogens is 359 g/mol. The van der Waals surface area contributed by atoms with Crippen LogP contribution >= 0.6 is 22.6 Å². The fourth-order valence-electron chi connectivity index (χ4n) is 1.62. The molecule has 2 aromatic rings. The van der Waals surface area contributed by atoms with Crippen LogP contribution in [0.1, 0.15) is 15.9 Å². The molecule has 2 rings (SSSR count). The standard InChI is InChI=1S/C13H13IN2O3/c1-16-7-6-12(15-16)19-8-10-9(13(17)18-2)4-3-5-11(10)14/h3-7H,8H2,1-2H3. The Labute approximate surface area is 124 Å². The van der Waals surface area contributed by atoms with Gasteiger partial charge in [0.1, 0.15) is 6.61 Å². The van der Waals surface area contributed by atoms with Gasteiger partial charge in [-0.3, -0.25) is 4.68 Å². The predicted octanol–water partition coefficient (Wildman–Crippen LogP) is 2.39. The zero-order chi connectivity index (χ0) is 13.8. The van der Waals surface area contributed by atoms with Gasteiger partial charge >= 0.3 is 5.97 Å². The minimum Gasteiger partial charge on any atom is -0.472 e. The van der Waals surface area contributed by atoms with Crippen LogP contribution in [0.3, 0.4) is 0 Å². The SMILES string of the molecule is COC(=O)c1cccc(I)c1COc1ccn(C)n1. The summed E-state index contributed by atoms with van der Waals surface area (Å²) in [5.41, 5.74) is 1.32. The van der Waals surface area contributed by atoms with Gasteiger partial charge in [0.15, 0.2) is 0 Å². The zero-order valence-electron chi connectivity index (χ0n) is 10.6. The average Bonchev–Trinajstić information content (AvgIpc) is 2.82. The lowest BCUT2D eigenvalue weighted by molar-refractivity contribution is 0.0597. The first-order valence-corrected chi connectivity index (χ1v) is 6.68. The maximum Gasteiger partial charge on any atom is 0.338 e. The van der Waals surface area contributed by atoms with E-state index in [1.165, 1.54) is 7.11 Å². The van der Waals surface area contributed by atoms with Crippen molar-refractivity contribution < 1.29 is 14.3 Å². The van der Waals surface area contributed by atoms with Crippen molar-refractivity contribution in [1.29, 1.82) is 0 Å². The summed E-state index contributed by atoms with van der Waals surface area (Å²) in [6.07, 6.45) is 1.80. The number of ether oxygens (including phenoxy) is 2. The molecule has 0 amide bonds. The summed E-state index contributed by atoms with van der Waals surface area (Å²) in [6, 6.07) is 7.24. The van der Waals surface area contributed by atoms with Crippen molar-refractivity contribution >= 4 is 28.6 Å². The maximum atomic E-state index is 11.7. The van der Waals surface area contributed by atoms with Crippen LogP contribution in [0.2, 0.25) is 0 Å². The smallest absolute Gasteiger partial charge is 0.338 e. The van der Waals surface area contributed by atoms with E-state index in [2.05, 4.69) is 27.7 Å². The summed E-state index contributed by atoms with van der Waals surface area (Å²) in [5.74, 6) is 0.163. The molecule has 0 spiro atoms. The van der Waals surface area contributed by atoms with Gasteiger partial charge in [0.05, 0.1) is 12.7 Å². The summed E-state index contributed by atoms with van der Waals surface area (Å²) in [7, 11) is 3.19. The van der Waals surface area contributed by atoms with E-state index in [9.17, 15) is 4.79 Å². The van der Waals surface area contributed by atoms with E-state index in [1.54, 1.807) is 23.0 Å². The number of methoxy groups -OCH3 is 1. The normalized spacial score (nSPS) is 10.3. The van der Waals surface area contributed by atoms with Crippen LogP contribution in [0.15, 0.2) is 30.5 Å². The van der Waals surface area contributed by atoms with E-state index < -0.39 is 0 Å². The molecule has 100 valence electrons. The molecule has 0 unspecified atom stereocenters. The van der Waals surface area contributed by atoms with Crippen LogP contribution in [0, 0.1) is 3.57 Å². The van der Waals surface area contributed by atoms with Gasteiger partial charge in [0.2, 0.25) is 5.88 Å². The minimum atomic E-state index is -0.363. The topological polar surface area (TPSA) is 53.4 Å². The van der Waals surface area contributed by atoms with E-state index in [4.69, 9.17) is 9.47 Å². The zero-order valence-corrected chi connectivity index (χ0v) is 12.7. The van der Waals surface area contributed by atoms with Crippen molar-refractivity contribution in [1.82, 2.24) is 9.78 Å². The fourth-order valence-corrected chi connectivity index (χ4v) is 2.28. The summed E-state index contributed by atoms with van der Waals surface area (Å²) < 4.78 is 13.0. The number of hydrogen-bond donors (Lipinski definition) is 0. The van der Waals surface area contributed by atoms with Gasteiger partial charge in [0.25, 0.3) is 0 Å². The number of carbonyl (C=O) groups is 1. The van der Waals surface area contributed by atoms with Crippen molar-refractivity contribution in [3.63, 3.8) is 0 Å². The fraction of sp³-hybridized carbons (Fsp3) is 0.231. The number of hydrogen-bond acceptors (Lipinski definition) is 4. The molecule has 0 aliphatic heterocycles. The number of aryl methyl sites for hydroxylation is 1. The molecule has 0 radical (unpaired) electrons. The van der Waals surface area contributed by atoms with E-state index in [0.29, 0.717) is 11.4 Å².